The van der Waals surface area contributed by atoms with Crippen LogP contribution in [-0.4, -0.2) is 0 Å². The number of halogens is 2. The molecule has 0 aliphatic heterocycles. The van der Waals surface area contributed by atoms with Crippen LogP contribution in [0, 0.1) is 5.92 Å². The molecule has 2 nitrogen and oxygen atoms in total. The lowest BCUT2D eigenvalue weighted by atomic mass is 9.80. The topological polar surface area (TPSA) is 38.0 Å². The zero-order valence-corrected chi connectivity index (χ0v) is 11.4. The quantitative estimate of drug-likeness (QED) is 0.656. The van der Waals surface area contributed by atoms with E-state index < -0.39 is 0 Å². The molecule has 1 aromatic carbocycles. The summed E-state index contributed by atoms with van der Waals surface area (Å²) in [5.74, 6) is 6.46. The molecule has 1 aliphatic rings. The van der Waals surface area contributed by atoms with E-state index in [1.54, 1.807) is 0 Å². The minimum atomic E-state index is 0.219. The number of rotatable bonds is 4. The SMILES string of the molecule is NNC(CC1CCC1)c1ccc(Cl)cc1Br. The molecule has 1 unspecified atom stereocenters. The van der Waals surface area contributed by atoms with Gasteiger partial charge in [-0.3, -0.25) is 11.3 Å². The van der Waals surface area contributed by atoms with Crippen LogP contribution in [0.3, 0.4) is 0 Å². The van der Waals surface area contributed by atoms with Crippen molar-refractivity contribution < 1.29 is 0 Å². The zero-order chi connectivity index (χ0) is 11.5. The van der Waals surface area contributed by atoms with Gasteiger partial charge in [-0.05, 0) is 30.0 Å². The first-order chi connectivity index (χ1) is 7.70. The number of benzene rings is 1. The molecule has 2 rings (SSSR count). The molecule has 1 atom stereocenters. The van der Waals surface area contributed by atoms with E-state index in [4.69, 9.17) is 17.4 Å². The molecule has 3 N–H and O–H groups in total. The molecule has 0 aromatic heterocycles. The fourth-order valence-corrected chi connectivity index (χ4v) is 3.09. The van der Waals surface area contributed by atoms with E-state index in [0.717, 1.165) is 21.8 Å². The summed E-state index contributed by atoms with van der Waals surface area (Å²) < 4.78 is 1.03. The molecule has 1 aliphatic carbocycles. The summed E-state index contributed by atoms with van der Waals surface area (Å²) in [4.78, 5) is 0. The summed E-state index contributed by atoms with van der Waals surface area (Å²) in [6.45, 7) is 0. The monoisotopic (exact) mass is 302 g/mol. The van der Waals surface area contributed by atoms with Gasteiger partial charge in [0.15, 0.2) is 0 Å². The Morgan fingerprint density at radius 2 is 2.25 bits per heavy atom. The number of nitrogens with one attached hydrogen (secondary N) is 1. The minimum absolute atomic E-state index is 0.219. The van der Waals surface area contributed by atoms with Crippen molar-refractivity contribution in [3.05, 3.63) is 33.3 Å². The molecule has 0 spiro atoms. The van der Waals surface area contributed by atoms with Gasteiger partial charge in [0.2, 0.25) is 0 Å². The van der Waals surface area contributed by atoms with Crippen LogP contribution in [0.15, 0.2) is 22.7 Å². The minimum Gasteiger partial charge on any atom is -0.271 e. The maximum Gasteiger partial charge on any atom is 0.0473 e. The van der Waals surface area contributed by atoms with Gasteiger partial charge in [-0.25, -0.2) is 0 Å². The third-order valence-corrected chi connectivity index (χ3v) is 4.25. The van der Waals surface area contributed by atoms with Crippen molar-refractivity contribution in [2.45, 2.75) is 31.7 Å². The van der Waals surface area contributed by atoms with E-state index in [2.05, 4.69) is 21.4 Å². The average molecular weight is 304 g/mol. The van der Waals surface area contributed by atoms with Gasteiger partial charge >= 0.3 is 0 Å². The second kappa shape index (κ2) is 5.50. The lowest BCUT2D eigenvalue weighted by Crippen LogP contribution is -2.31. The highest BCUT2D eigenvalue weighted by molar-refractivity contribution is 9.10. The average Bonchev–Trinajstić information content (AvgIpc) is 2.18. The highest BCUT2D eigenvalue weighted by Gasteiger charge is 2.23. The standard InChI is InChI=1S/C12H16BrClN2/c13-11-7-9(14)4-5-10(11)12(16-15)6-8-2-1-3-8/h4-5,7-8,12,16H,1-3,6,15H2. The fourth-order valence-electron chi connectivity index (χ4n) is 2.13. The summed E-state index contributed by atoms with van der Waals surface area (Å²) in [7, 11) is 0. The Morgan fingerprint density at radius 1 is 1.50 bits per heavy atom. The van der Waals surface area contributed by atoms with Gasteiger partial charge in [0.25, 0.3) is 0 Å². The molecule has 0 heterocycles. The molecule has 1 fully saturated rings. The van der Waals surface area contributed by atoms with E-state index >= 15 is 0 Å². The van der Waals surface area contributed by atoms with Crippen LogP contribution < -0.4 is 11.3 Å². The summed E-state index contributed by atoms with van der Waals surface area (Å²) in [6, 6.07) is 6.08. The van der Waals surface area contributed by atoms with Gasteiger partial charge in [0, 0.05) is 15.5 Å². The van der Waals surface area contributed by atoms with Gasteiger partial charge < -0.3 is 0 Å². The summed E-state index contributed by atoms with van der Waals surface area (Å²) in [6.07, 6.45) is 5.15. The van der Waals surface area contributed by atoms with E-state index in [-0.39, 0.29) is 6.04 Å². The van der Waals surface area contributed by atoms with Gasteiger partial charge in [0.1, 0.15) is 0 Å². The van der Waals surface area contributed by atoms with E-state index in [1.807, 2.05) is 18.2 Å². The van der Waals surface area contributed by atoms with Gasteiger partial charge in [-0.15, -0.1) is 0 Å². The van der Waals surface area contributed by atoms with Crippen molar-refractivity contribution >= 4 is 27.5 Å². The summed E-state index contributed by atoms with van der Waals surface area (Å²) in [5, 5.41) is 0.745. The van der Waals surface area contributed by atoms with Gasteiger partial charge in [-0.1, -0.05) is 52.9 Å². The molecular formula is C12H16BrClN2. The Bertz CT molecular complexity index is 366. The van der Waals surface area contributed by atoms with Crippen molar-refractivity contribution in [2.75, 3.05) is 0 Å². The van der Waals surface area contributed by atoms with E-state index in [1.165, 1.54) is 24.8 Å². The normalized spacial score (nSPS) is 18.2. The third-order valence-electron chi connectivity index (χ3n) is 3.33. The second-order valence-electron chi connectivity index (χ2n) is 4.42. The first-order valence-corrected chi connectivity index (χ1v) is 6.79. The lowest BCUT2D eigenvalue weighted by Gasteiger charge is -2.30. The zero-order valence-electron chi connectivity index (χ0n) is 9.05. The first-order valence-electron chi connectivity index (χ1n) is 5.62. The van der Waals surface area contributed by atoms with Crippen LogP contribution in [0.5, 0.6) is 0 Å². The van der Waals surface area contributed by atoms with Crippen molar-refractivity contribution in [3.8, 4) is 0 Å². The van der Waals surface area contributed by atoms with Crippen molar-refractivity contribution in [2.24, 2.45) is 11.8 Å². The van der Waals surface area contributed by atoms with Gasteiger partial charge in [-0.2, -0.15) is 0 Å². The molecule has 88 valence electrons. The molecule has 0 bridgehead atoms. The Labute approximate surface area is 110 Å². The van der Waals surface area contributed by atoms with Crippen molar-refractivity contribution in [3.63, 3.8) is 0 Å². The third kappa shape index (κ3) is 2.77. The molecule has 0 radical (unpaired) electrons. The van der Waals surface area contributed by atoms with Gasteiger partial charge in [0.05, 0.1) is 0 Å². The Kier molecular flexibility index (Phi) is 4.25. The molecule has 0 saturated heterocycles. The smallest absolute Gasteiger partial charge is 0.0473 e. The Morgan fingerprint density at radius 3 is 2.75 bits per heavy atom. The maximum absolute atomic E-state index is 5.93. The van der Waals surface area contributed by atoms with Crippen LogP contribution in [0.25, 0.3) is 0 Å². The van der Waals surface area contributed by atoms with Crippen molar-refractivity contribution in [1.29, 1.82) is 0 Å². The van der Waals surface area contributed by atoms with Crippen LogP contribution >= 0.6 is 27.5 Å². The number of hydrogen-bond acceptors (Lipinski definition) is 2. The maximum atomic E-state index is 5.93. The highest BCUT2D eigenvalue weighted by Crippen LogP contribution is 2.36. The molecule has 16 heavy (non-hydrogen) atoms. The van der Waals surface area contributed by atoms with Crippen LogP contribution in [0.2, 0.25) is 5.02 Å². The highest BCUT2D eigenvalue weighted by atomic mass is 79.9. The molecule has 1 aromatic rings. The predicted molar refractivity (Wildman–Crippen MR) is 71.2 cm³/mol. The molecule has 1 saturated carbocycles. The number of hydrogen-bond donors (Lipinski definition) is 2. The van der Waals surface area contributed by atoms with Crippen LogP contribution in [0.4, 0.5) is 0 Å². The Hall–Kier alpha value is -0.0900. The summed E-state index contributed by atoms with van der Waals surface area (Å²) in [5.41, 5.74) is 4.10. The molecular weight excluding hydrogens is 288 g/mol. The first kappa shape index (κ1) is 12.4. The second-order valence-corrected chi connectivity index (χ2v) is 5.71. The van der Waals surface area contributed by atoms with E-state index in [0.29, 0.717) is 0 Å². The fraction of sp³-hybridized carbons (Fsp3) is 0.500. The van der Waals surface area contributed by atoms with Crippen molar-refractivity contribution in [1.82, 2.24) is 5.43 Å². The number of nitrogens with two attached hydrogens (primary N) is 1. The van der Waals surface area contributed by atoms with Crippen LogP contribution in [0.1, 0.15) is 37.3 Å². The Balaban J connectivity index is 2.11. The number of hydrazine groups is 1. The lowest BCUT2D eigenvalue weighted by molar-refractivity contribution is 0.261. The van der Waals surface area contributed by atoms with Crippen LogP contribution in [-0.2, 0) is 0 Å². The van der Waals surface area contributed by atoms with E-state index in [9.17, 15) is 0 Å². The predicted octanol–water partition coefficient (Wildman–Crippen LogP) is 3.80. The molecule has 0 amide bonds. The largest absolute Gasteiger partial charge is 0.271 e. The molecule has 4 heteroatoms. The summed E-state index contributed by atoms with van der Waals surface area (Å²) >= 11 is 9.47.